The first-order valence-electron chi connectivity index (χ1n) is 10.6. The highest BCUT2D eigenvalue weighted by atomic mass is 35.6. The minimum atomic E-state index is -2.31. The Morgan fingerprint density at radius 3 is 1.40 bits per heavy atom. The standard InChI is InChI=1S/C22H45ClOSi/c1-14(2)20-13-25(23,19(11)12)24-22(17(7)8,18(9)10)21(20,15(3)4)16(5)6/h14-20H,13H2,1-12H3. The van der Waals surface area contributed by atoms with Crippen molar-refractivity contribution in [3.05, 3.63) is 0 Å². The van der Waals surface area contributed by atoms with Crippen molar-refractivity contribution in [2.24, 2.45) is 40.9 Å². The summed E-state index contributed by atoms with van der Waals surface area (Å²) in [6, 6.07) is 1.08. The van der Waals surface area contributed by atoms with E-state index in [-0.39, 0.29) is 11.0 Å². The van der Waals surface area contributed by atoms with Crippen molar-refractivity contribution in [3.8, 4) is 0 Å². The fourth-order valence-corrected chi connectivity index (χ4v) is 10.9. The first-order chi connectivity index (χ1) is 11.2. The van der Waals surface area contributed by atoms with Crippen molar-refractivity contribution in [3.63, 3.8) is 0 Å². The SMILES string of the molecule is CC(C)C1C[Si](Cl)(C(C)C)OC(C(C)C)(C(C)C)C1(C(C)C)C(C)C. The van der Waals surface area contributed by atoms with E-state index in [1.54, 1.807) is 0 Å². The van der Waals surface area contributed by atoms with Crippen molar-refractivity contribution in [2.45, 2.75) is 100 Å². The van der Waals surface area contributed by atoms with Crippen molar-refractivity contribution >= 4 is 18.7 Å². The van der Waals surface area contributed by atoms with E-state index in [0.717, 1.165) is 6.04 Å². The number of hydrogen-bond donors (Lipinski definition) is 0. The first-order valence-corrected chi connectivity index (χ1v) is 13.8. The van der Waals surface area contributed by atoms with Gasteiger partial charge in [-0.1, -0.05) is 83.1 Å². The molecule has 0 saturated carbocycles. The Labute approximate surface area is 164 Å². The predicted octanol–water partition coefficient (Wildman–Crippen LogP) is 7.73. The molecule has 1 aliphatic heterocycles. The average Bonchev–Trinajstić information content (AvgIpc) is 2.44. The van der Waals surface area contributed by atoms with E-state index in [1.807, 2.05) is 0 Å². The molecule has 0 aromatic rings. The van der Waals surface area contributed by atoms with Crippen LogP contribution in [-0.4, -0.2) is 13.2 Å². The third-order valence-corrected chi connectivity index (χ3v) is 12.8. The smallest absolute Gasteiger partial charge is 0.293 e. The summed E-state index contributed by atoms with van der Waals surface area (Å²) in [5.41, 5.74) is 0.412. The van der Waals surface area contributed by atoms with Crippen LogP contribution in [0.1, 0.15) is 83.1 Å². The molecular weight excluding hydrogens is 344 g/mol. The zero-order valence-electron chi connectivity index (χ0n) is 19.0. The molecule has 0 aromatic heterocycles. The molecule has 0 amide bonds. The quantitative estimate of drug-likeness (QED) is 0.334. The van der Waals surface area contributed by atoms with Crippen LogP contribution in [0.4, 0.5) is 0 Å². The van der Waals surface area contributed by atoms with Crippen molar-refractivity contribution in [1.82, 2.24) is 0 Å². The van der Waals surface area contributed by atoms with Crippen LogP contribution < -0.4 is 0 Å². The van der Waals surface area contributed by atoms with Gasteiger partial charge in [-0.3, -0.25) is 0 Å². The van der Waals surface area contributed by atoms with E-state index in [4.69, 9.17) is 15.5 Å². The largest absolute Gasteiger partial charge is 0.396 e. The van der Waals surface area contributed by atoms with Crippen molar-refractivity contribution in [1.29, 1.82) is 0 Å². The van der Waals surface area contributed by atoms with Gasteiger partial charge in [-0.2, -0.15) is 0 Å². The molecule has 1 nitrogen and oxygen atoms in total. The lowest BCUT2D eigenvalue weighted by atomic mass is 9.46. The highest BCUT2D eigenvalue weighted by molar-refractivity contribution is 7.17. The van der Waals surface area contributed by atoms with Crippen LogP contribution in [-0.2, 0) is 4.43 Å². The molecule has 2 unspecified atom stereocenters. The molecule has 1 saturated heterocycles. The van der Waals surface area contributed by atoms with Gasteiger partial charge >= 0.3 is 0 Å². The van der Waals surface area contributed by atoms with E-state index < -0.39 is 7.63 Å². The first kappa shape index (κ1) is 23.5. The summed E-state index contributed by atoms with van der Waals surface area (Å²) in [5, 5.41) is 0. The fraction of sp³-hybridized carbons (Fsp3) is 1.00. The minimum Gasteiger partial charge on any atom is -0.396 e. The van der Waals surface area contributed by atoms with Gasteiger partial charge in [0, 0.05) is 5.41 Å². The van der Waals surface area contributed by atoms with Crippen LogP contribution in [0.2, 0.25) is 11.6 Å². The molecule has 25 heavy (non-hydrogen) atoms. The van der Waals surface area contributed by atoms with Gasteiger partial charge in [-0.25, -0.2) is 0 Å². The van der Waals surface area contributed by atoms with Gasteiger partial charge in [0.15, 0.2) is 0 Å². The molecule has 0 bridgehead atoms. The molecule has 1 heterocycles. The Morgan fingerprint density at radius 1 is 0.760 bits per heavy atom. The molecule has 0 aromatic carbocycles. The highest BCUT2D eigenvalue weighted by Gasteiger charge is 2.69. The molecule has 0 radical (unpaired) electrons. The second-order valence-electron chi connectivity index (χ2n) is 10.4. The molecule has 3 heteroatoms. The summed E-state index contributed by atoms with van der Waals surface area (Å²) in [7, 11) is -2.31. The minimum absolute atomic E-state index is 0.143. The van der Waals surface area contributed by atoms with Crippen LogP contribution in [0.5, 0.6) is 0 Å². The number of hydrogen-bond acceptors (Lipinski definition) is 1. The summed E-state index contributed by atoms with van der Waals surface area (Å²) >= 11 is 7.37. The molecule has 0 spiro atoms. The Balaban J connectivity index is 3.89. The second-order valence-corrected chi connectivity index (χ2v) is 15.7. The third-order valence-electron chi connectivity index (χ3n) is 7.42. The molecule has 150 valence electrons. The van der Waals surface area contributed by atoms with Gasteiger partial charge in [-0.05, 0) is 47.1 Å². The Morgan fingerprint density at radius 2 is 1.16 bits per heavy atom. The summed E-state index contributed by atoms with van der Waals surface area (Å²) in [4.78, 5) is 0. The van der Waals surface area contributed by atoms with E-state index in [0.29, 0.717) is 41.0 Å². The molecule has 2 atom stereocenters. The van der Waals surface area contributed by atoms with E-state index in [1.165, 1.54) is 0 Å². The van der Waals surface area contributed by atoms with Gasteiger partial charge in [0.1, 0.15) is 0 Å². The Hall–Kier alpha value is 0.467. The van der Waals surface area contributed by atoms with Crippen molar-refractivity contribution in [2.75, 3.05) is 0 Å². The van der Waals surface area contributed by atoms with E-state index in [9.17, 15) is 0 Å². The summed E-state index contributed by atoms with van der Waals surface area (Å²) in [6.45, 7) is 28.6. The molecule has 1 aliphatic rings. The van der Waals surface area contributed by atoms with Gasteiger partial charge in [0.2, 0.25) is 0 Å². The van der Waals surface area contributed by atoms with Gasteiger partial charge < -0.3 is 4.43 Å². The van der Waals surface area contributed by atoms with Crippen LogP contribution in [0, 0.1) is 40.9 Å². The summed E-state index contributed by atoms with van der Waals surface area (Å²) in [5.74, 6) is 3.25. The lowest BCUT2D eigenvalue weighted by Gasteiger charge is -2.69. The predicted molar refractivity (Wildman–Crippen MR) is 115 cm³/mol. The fourth-order valence-electron chi connectivity index (χ4n) is 6.64. The van der Waals surface area contributed by atoms with Gasteiger partial charge in [-0.15, -0.1) is 11.1 Å². The molecule has 1 rings (SSSR count). The third kappa shape index (κ3) is 3.38. The van der Waals surface area contributed by atoms with Crippen molar-refractivity contribution < 1.29 is 4.43 Å². The maximum absolute atomic E-state index is 7.37. The molecule has 0 N–H and O–H groups in total. The summed E-state index contributed by atoms with van der Waals surface area (Å²) < 4.78 is 7.27. The van der Waals surface area contributed by atoms with E-state index >= 15 is 0 Å². The molecule has 0 aliphatic carbocycles. The maximum atomic E-state index is 7.37. The van der Waals surface area contributed by atoms with Crippen LogP contribution in [0.25, 0.3) is 0 Å². The van der Waals surface area contributed by atoms with Crippen LogP contribution in [0.15, 0.2) is 0 Å². The van der Waals surface area contributed by atoms with E-state index in [2.05, 4.69) is 83.1 Å². The summed E-state index contributed by atoms with van der Waals surface area (Å²) in [6.07, 6.45) is 0. The lowest BCUT2D eigenvalue weighted by molar-refractivity contribution is -0.224. The Kier molecular flexibility index (Phi) is 7.37. The molecule has 1 fully saturated rings. The topological polar surface area (TPSA) is 9.23 Å². The zero-order chi connectivity index (χ0) is 20.0. The monoisotopic (exact) mass is 388 g/mol. The number of halogens is 1. The Bertz CT molecular complexity index is 425. The van der Waals surface area contributed by atoms with Gasteiger partial charge in [0.25, 0.3) is 7.63 Å². The zero-order valence-corrected chi connectivity index (χ0v) is 20.8. The molecular formula is C22H45ClOSi. The lowest BCUT2D eigenvalue weighted by Crippen LogP contribution is -2.73. The maximum Gasteiger partial charge on any atom is 0.293 e. The number of rotatable bonds is 6. The normalized spacial score (nSPS) is 29.6. The van der Waals surface area contributed by atoms with Gasteiger partial charge in [0.05, 0.1) is 5.60 Å². The second kappa shape index (κ2) is 7.84. The highest BCUT2D eigenvalue weighted by Crippen LogP contribution is 2.66. The van der Waals surface area contributed by atoms with Crippen LogP contribution in [0.3, 0.4) is 0 Å². The average molecular weight is 389 g/mol. The van der Waals surface area contributed by atoms with Crippen LogP contribution >= 0.6 is 11.1 Å².